The zero-order chi connectivity index (χ0) is 14.9. The Hall–Kier alpha value is -0.490. The highest BCUT2D eigenvalue weighted by molar-refractivity contribution is 7.09. The Morgan fingerprint density at radius 3 is 2.95 bits per heavy atom. The first-order valence-electron chi connectivity index (χ1n) is 8.66. The lowest BCUT2D eigenvalue weighted by molar-refractivity contribution is -0.101. The molecule has 22 heavy (non-hydrogen) atoms. The molecule has 122 valence electrons. The first-order chi connectivity index (χ1) is 10.8. The molecule has 4 nitrogen and oxygen atoms in total. The van der Waals surface area contributed by atoms with Crippen molar-refractivity contribution in [2.45, 2.75) is 63.8 Å². The molecule has 0 spiro atoms. The van der Waals surface area contributed by atoms with E-state index < -0.39 is 0 Å². The molecule has 0 N–H and O–H groups in total. The summed E-state index contributed by atoms with van der Waals surface area (Å²) < 4.78 is 12.1. The predicted octanol–water partition coefficient (Wildman–Crippen LogP) is 3.00. The zero-order valence-corrected chi connectivity index (χ0v) is 14.2. The van der Waals surface area contributed by atoms with Crippen LogP contribution in [-0.2, 0) is 16.0 Å². The molecule has 3 atom stereocenters. The van der Waals surface area contributed by atoms with Crippen molar-refractivity contribution in [3.8, 4) is 0 Å². The van der Waals surface area contributed by atoms with Gasteiger partial charge in [0.25, 0.3) is 0 Å². The Kier molecular flexibility index (Phi) is 4.49. The summed E-state index contributed by atoms with van der Waals surface area (Å²) in [7, 11) is 0. The van der Waals surface area contributed by atoms with Gasteiger partial charge in [0.15, 0.2) is 0 Å². The van der Waals surface area contributed by atoms with Crippen molar-refractivity contribution in [3.63, 3.8) is 0 Å². The Balaban J connectivity index is 1.26. The molecule has 0 radical (unpaired) electrons. The third kappa shape index (κ3) is 3.53. The third-order valence-electron chi connectivity index (χ3n) is 5.14. The zero-order valence-electron chi connectivity index (χ0n) is 13.4. The van der Waals surface area contributed by atoms with Gasteiger partial charge in [-0.25, -0.2) is 4.98 Å². The van der Waals surface area contributed by atoms with Crippen LogP contribution in [-0.4, -0.2) is 47.9 Å². The summed E-state index contributed by atoms with van der Waals surface area (Å²) >= 11 is 1.75. The highest BCUT2D eigenvalue weighted by Crippen LogP contribution is 2.33. The van der Waals surface area contributed by atoms with Crippen LogP contribution in [0.4, 0.5) is 0 Å². The number of fused-ring (bicyclic) bond motifs is 1. The van der Waals surface area contributed by atoms with Crippen LogP contribution in [0.2, 0.25) is 0 Å². The van der Waals surface area contributed by atoms with Crippen LogP contribution in [0.5, 0.6) is 0 Å². The first-order valence-corrected chi connectivity index (χ1v) is 9.54. The second-order valence-corrected chi connectivity index (χ2v) is 8.10. The minimum absolute atomic E-state index is 0.321. The van der Waals surface area contributed by atoms with Crippen LogP contribution >= 0.6 is 11.3 Å². The molecule has 1 aromatic heterocycles. The van der Waals surface area contributed by atoms with E-state index in [-0.39, 0.29) is 0 Å². The molecule has 3 aliphatic rings. The Morgan fingerprint density at radius 2 is 2.18 bits per heavy atom. The topological polar surface area (TPSA) is 34.6 Å². The number of rotatable bonds is 6. The molecule has 5 heteroatoms. The van der Waals surface area contributed by atoms with E-state index in [4.69, 9.17) is 9.47 Å². The number of thiazole rings is 1. The van der Waals surface area contributed by atoms with Gasteiger partial charge in [-0.3, -0.25) is 4.90 Å². The fourth-order valence-corrected chi connectivity index (χ4v) is 4.35. The van der Waals surface area contributed by atoms with Gasteiger partial charge in [0, 0.05) is 31.1 Å². The number of likely N-dealkylation sites (tertiary alicyclic amines) is 1. The standard InChI is InChI=1S/C17H26N2O2S/c1-12-18-14(11-22-12)8-19-7-6-17-16(19)5-4-15(21-17)10-20-9-13-2-3-13/h11,13,15-17H,2-10H2,1H3/t15-,16+,17+/m1/s1. The number of ether oxygens (including phenoxy) is 2. The minimum Gasteiger partial charge on any atom is -0.378 e. The average molecular weight is 322 g/mol. The smallest absolute Gasteiger partial charge is 0.0897 e. The molecule has 3 heterocycles. The van der Waals surface area contributed by atoms with Gasteiger partial charge in [0.2, 0.25) is 0 Å². The summed E-state index contributed by atoms with van der Waals surface area (Å²) in [5, 5.41) is 3.36. The maximum Gasteiger partial charge on any atom is 0.0897 e. The molecule has 0 amide bonds. The molecule has 0 aromatic carbocycles. The maximum absolute atomic E-state index is 6.30. The van der Waals surface area contributed by atoms with Crippen LogP contribution in [0.25, 0.3) is 0 Å². The summed E-state index contributed by atoms with van der Waals surface area (Å²) in [5.41, 5.74) is 1.22. The van der Waals surface area contributed by atoms with Crippen LogP contribution in [0.15, 0.2) is 5.38 Å². The van der Waals surface area contributed by atoms with Gasteiger partial charge >= 0.3 is 0 Å². The Bertz CT molecular complexity index is 503. The molecule has 0 unspecified atom stereocenters. The molecular weight excluding hydrogens is 296 g/mol. The van der Waals surface area contributed by atoms with Crippen LogP contribution in [0.3, 0.4) is 0 Å². The van der Waals surface area contributed by atoms with E-state index >= 15 is 0 Å². The van der Waals surface area contributed by atoms with Crippen molar-refractivity contribution in [2.24, 2.45) is 5.92 Å². The van der Waals surface area contributed by atoms with E-state index in [1.807, 2.05) is 0 Å². The van der Waals surface area contributed by atoms with Gasteiger partial charge in [-0.2, -0.15) is 0 Å². The lowest BCUT2D eigenvalue weighted by Crippen LogP contribution is -2.43. The van der Waals surface area contributed by atoms with E-state index in [2.05, 4.69) is 22.2 Å². The van der Waals surface area contributed by atoms with Crippen molar-refractivity contribution in [2.75, 3.05) is 19.8 Å². The first kappa shape index (κ1) is 15.1. The normalized spacial score (nSPS) is 32.3. The second kappa shape index (κ2) is 6.56. The number of aromatic nitrogens is 1. The third-order valence-corrected chi connectivity index (χ3v) is 5.96. The molecule has 0 bridgehead atoms. The molecule has 3 fully saturated rings. The summed E-state index contributed by atoms with van der Waals surface area (Å²) in [5.74, 6) is 0.847. The monoisotopic (exact) mass is 322 g/mol. The second-order valence-electron chi connectivity index (χ2n) is 7.04. The highest BCUT2D eigenvalue weighted by atomic mass is 32.1. The van der Waals surface area contributed by atoms with Gasteiger partial charge in [-0.1, -0.05) is 0 Å². The van der Waals surface area contributed by atoms with Crippen molar-refractivity contribution in [1.82, 2.24) is 9.88 Å². The average Bonchev–Trinajstić information content (AvgIpc) is 3.12. The molecule has 2 aliphatic heterocycles. The summed E-state index contributed by atoms with van der Waals surface area (Å²) in [6.07, 6.45) is 6.99. The fourth-order valence-electron chi connectivity index (χ4n) is 3.74. The van der Waals surface area contributed by atoms with Crippen molar-refractivity contribution in [1.29, 1.82) is 0 Å². The van der Waals surface area contributed by atoms with Crippen LogP contribution in [0, 0.1) is 12.8 Å². The fraction of sp³-hybridized carbons (Fsp3) is 0.824. The lowest BCUT2D eigenvalue weighted by Gasteiger charge is -2.35. The number of hydrogen-bond donors (Lipinski definition) is 0. The summed E-state index contributed by atoms with van der Waals surface area (Å²) in [6, 6.07) is 0.585. The van der Waals surface area contributed by atoms with E-state index in [1.165, 1.54) is 30.0 Å². The van der Waals surface area contributed by atoms with Gasteiger partial charge < -0.3 is 9.47 Å². The van der Waals surface area contributed by atoms with Gasteiger partial charge in [-0.15, -0.1) is 11.3 Å². The van der Waals surface area contributed by atoms with E-state index in [0.717, 1.165) is 45.1 Å². The van der Waals surface area contributed by atoms with E-state index in [0.29, 0.717) is 18.2 Å². The van der Waals surface area contributed by atoms with Gasteiger partial charge in [0.1, 0.15) is 0 Å². The molecule has 1 saturated carbocycles. The van der Waals surface area contributed by atoms with Crippen molar-refractivity contribution < 1.29 is 9.47 Å². The van der Waals surface area contributed by atoms with Crippen molar-refractivity contribution >= 4 is 11.3 Å². The SMILES string of the molecule is Cc1nc(CN2CC[C@@H]3O[C@@H](COCC4CC4)CC[C@@H]32)cs1. The molecule has 2 saturated heterocycles. The molecule has 4 rings (SSSR count). The molecular formula is C17H26N2O2S. The Labute approximate surface area is 136 Å². The quantitative estimate of drug-likeness (QED) is 0.806. The summed E-state index contributed by atoms with van der Waals surface area (Å²) in [6.45, 7) is 5.95. The molecule has 1 aliphatic carbocycles. The number of nitrogens with zero attached hydrogens (tertiary/aromatic N) is 2. The van der Waals surface area contributed by atoms with Crippen LogP contribution in [0.1, 0.15) is 42.8 Å². The predicted molar refractivity (Wildman–Crippen MR) is 87.1 cm³/mol. The number of hydrogen-bond acceptors (Lipinski definition) is 5. The lowest BCUT2D eigenvalue weighted by atomic mass is 9.99. The van der Waals surface area contributed by atoms with Gasteiger partial charge in [0.05, 0.1) is 29.5 Å². The highest BCUT2D eigenvalue weighted by Gasteiger charge is 2.40. The molecule has 1 aromatic rings. The van der Waals surface area contributed by atoms with E-state index in [1.54, 1.807) is 11.3 Å². The van der Waals surface area contributed by atoms with Crippen molar-refractivity contribution in [3.05, 3.63) is 16.1 Å². The minimum atomic E-state index is 0.321. The summed E-state index contributed by atoms with van der Waals surface area (Å²) in [4.78, 5) is 7.18. The van der Waals surface area contributed by atoms with Gasteiger partial charge in [-0.05, 0) is 44.9 Å². The largest absolute Gasteiger partial charge is 0.378 e. The maximum atomic E-state index is 6.30. The number of aryl methyl sites for hydroxylation is 1. The Morgan fingerprint density at radius 1 is 1.27 bits per heavy atom. The van der Waals surface area contributed by atoms with Crippen LogP contribution < -0.4 is 0 Å². The van der Waals surface area contributed by atoms with E-state index in [9.17, 15) is 0 Å².